The van der Waals surface area contributed by atoms with Gasteiger partial charge in [0.2, 0.25) is 0 Å². The van der Waals surface area contributed by atoms with Crippen LogP contribution < -0.4 is 5.32 Å². The Kier molecular flexibility index (Phi) is 5.87. The molecule has 0 saturated carbocycles. The van der Waals surface area contributed by atoms with Crippen molar-refractivity contribution < 1.29 is 0 Å². The van der Waals surface area contributed by atoms with E-state index in [1.54, 1.807) is 0 Å². The van der Waals surface area contributed by atoms with Crippen LogP contribution in [0.5, 0.6) is 0 Å². The van der Waals surface area contributed by atoms with Crippen molar-refractivity contribution in [3.8, 4) is 0 Å². The Bertz CT molecular complexity index is 350. The number of hydrogen-bond donors (Lipinski definition) is 1. The molecule has 0 amide bonds. The average Bonchev–Trinajstić information content (AvgIpc) is 2.34. The van der Waals surface area contributed by atoms with E-state index in [-0.39, 0.29) is 0 Å². The molecule has 0 atom stereocenters. The quantitative estimate of drug-likeness (QED) is 0.755. The van der Waals surface area contributed by atoms with E-state index >= 15 is 0 Å². The maximum Gasteiger partial charge on any atom is 0.00132 e. The standard InChI is InChI=1S/C17H29N/c1-6-17(7-2,13-18-14(3)4)12-16-10-8-9-15(5)11-16/h8-11,14,18H,6-7,12-13H2,1-5H3. The maximum absolute atomic E-state index is 3.62. The van der Waals surface area contributed by atoms with Gasteiger partial charge in [0.15, 0.2) is 0 Å². The van der Waals surface area contributed by atoms with Crippen molar-refractivity contribution in [3.63, 3.8) is 0 Å². The second-order valence-corrected chi connectivity index (χ2v) is 5.91. The van der Waals surface area contributed by atoms with Crippen molar-refractivity contribution in [3.05, 3.63) is 35.4 Å². The minimum absolute atomic E-state index is 0.401. The van der Waals surface area contributed by atoms with E-state index < -0.39 is 0 Å². The van der Waals surface area contributed by atoms with Crippen LogP contribution in [0.2, 0.25) is 0 Å². The van der Waals surface area contributed by atoms with Gasteiger partial charge < -0.3 is 5.32 Å². The van der Waals surface area contributed by atoms with Gasteiger partial charge in [-0.25, -0.2) is 0 Å². The third kappa shape index (κ3) is 4.45. The lowest BCUT2D eigenvalue weighted by molar-refractivity contribution is 0.239. The summed E-state index contributed by atoms with van der Waals surface area (Å²) in [4.78, 5) is 0. The molecule has 0 aromatic heterocycles. The molecule has 0 fully saturated rings. The van der Waals surface area contributed by atoms with E-state index in [1.165, 1.54) is 30.4 Å². The van der Waals surface area contributed by atoms with Gasteiger partial charge >= 0.3 is 0 Å². The highest BCUT2D eigenvalue weighted by Crippen LogP contribution is 2.30. The number of nitrogens with one attached hydrogen (secondary N) is 1. The van der Waals surface area contributed by atoms with Crippen LogP contribution in [0.15, 0.2) is 24.3 Å². The van der Waals surface area contributed by atoms with Gasteiger partial charge in [-0.2, -0.15) is 0 Å². The van der Waals surface area contributed by atoms with Crippen LogP contribution in [-0.2, 0) is 6.42 Å². The summed E-state index contributed by atoms with van der Waals surface area (Å²) in [5, 5.41) is 3.62. The molecule has 0 aliphatic carbocycles. The van der Waals surface area contributed by atoms with Crippen LogP contribution in [0, 0.1) is 12.3 Å². The summed E-state index contributed by atoms with van der Waals surface area (Å²) in [5.74, 6) is 0. The first kappa shape index (κ1) is 15.2. The Hall–Kier alpha value is -0.820. The third-order valence-electron chi connectivity index (χ3n) is 4.05. The molecule has 18 heavy (non-hydrogen) atoms. The molecule has 1 nitrogen and oxygen atoms in total. The van der Waals surface area contributed by atoms with Gasteiger partial charge in [-0.1, -0.05) is 57.5 Å². The van der Waals surface area contributed by atoms with E-state index in [0.717, 1.165) is 6.54 Å². The van der Waals surface area contributed by atoms with Crippen LogP contribution in [-0.4, -0.2) is 12.6 Å². The first-order valence-electron chi connectivity index (χ1n) is 7.30. The normalized spacial score (nSPS) is 12.1. The molecule has 1 heteroatoms. The zero-order valence-electron chi connectivity index (χ0n) is 12.7. The molecule has 0 unspecified atom stereocenters. The molecule has 1 aromatic rings. The SMILES string of the molecule is CCC(CC)(CNC(C)C)Cc1cccc(C)c1. The van der Waals surface area contributed by atoms with E-state index in [9.17, 15) is 0 Å². The summed E-state index contributed by atoms with van der Waals surface area (Å²) in [6, 6.07) is 9.52. The van der Waals surface area contributed by atoms with E-state index in [0.29, 0.717) is 11.5 Å². The maximum atomic E-state index is 3.62. The number of aryl methyl sites for hydroxylation is 1. The Morgan fingerprint density at radius 1 is 1.17 bits per heavy atom. The van der Waals surface area contributed by atoms with Crippen molar-refractivity contribution in [2.24, 2.45) is 5.41 Å². The Labute approximate surface area is 113 Å². The van der Waals surface area contributed by atoms with Gasteiger partial charge in [-0.15, -0.1) is 0 Å². The average molecular weight is 247 g/mol. The molecule has 0 aliphatic heterocycles. The Morgan fingerprint density at radius 2 is 1.83 bits per heavy atom. The van der Waals surface area contributed by atoms with Crippen molar-refractivity contribution in [1.82, 2.24) is 5.32 Å². The zero-order valence-corrected chi connectivity index (χ0v) is 12.7. The lowest BCUT2D eigenvalue weighted by Gasteiger charge is -2.33. The highest BCUT2D eigenvalue weighted by atomic mass is 14.9. The van der Waals surface area contributed by atoms with Gasteiger partial charge in [0, 0.05) is 12.6 Å². The Balaban J connectivity index is 2.78. The van der Waals surface area contributed by atoms with Crippen LogP contribution in [0.1, 0.15) is 51.7 Å². The first-order chi connectivity index (χ1) is 8.51. The number of hydrogen-bond acceptors (Lipinski definition) is 1. The molecular weight excluding hydrogens is 218 g/mol. The van der Waals surface area contributed by atoms with Gasteiger partial charge in [0.25, 0.3) is 0 Å². The van der Waals surface area contributed by atoms with Crippen molar-refractivity contribution in [2.45, 2.75) is 59.9 Å². The fourth-order valence-electron chi connectivity index (χ4n) is 2.49. The van der Waals surface area contributed by atoms with E-state index in [2.05, 4.69) is 64.2 Å². The zero-order chi connectivity index (χ0) is 13.6. The minimum Gasteiger partial charge on any atom is -0.314 e. The first-order valence-corrected chi connectivity index (χ1v) is 7.30. The summed E-state index contributed by atoms with van der Waals surface area (Å²) in [5.41, 5.74) is 3.24. The molecule has 1 rings (SSSR count). The minimum atomic E-state index is 0.401. The van der Waals surface area contributed by atoms with Gasteiger partial charge in [0.1, 0.15) is 0 Å². The second-order valence-electron chi connectivity index (χ2n) is 5.91. The van der Waals surface area contributed by atoms with Crippen LogP contribution >= 0.6 is 0 Å². The summed E-state index contributed by atoms with van der Waals surface area (Å²) in [6.07, 6.45) is 3.65. The highest BCUT2D eigenvalue weighted by Gasteiger charge is 2.26. The third-order valence-corrected chi connectivity index (χ3v) is 4.05. The summed E-state index contributed by atoms with van der Waals surface area (Å²) < 4.78 is 0. The largest absolute Gasteiger partial charge is 0.314 e. The lowest BCUT2D eigenvalue weighted by atomic mass is 9.76. The molecule has 0 heterocycles. The molecular formula is C17H29N. The fraction of sp³-hybridized carbons (Fsp3) is 0.647. The summed E-state index contributed by atoms with van der Waals surface area (Å²) >= 11 is 0. The molecule has 1 aromatic carbocycles. The van der Waals surface area contributed by atoms with Crippen LogP contribution in [0.4, 0.5) is 0 Å². The van der Waals surface area contributed by atoms with Crippen LogP contribution in [0.3, 0.4) is 0 Å². The van der Waals surface area contributed by atoms with E-state index in [4.69, 9.17) is 0 Å². The molecule has 0 spiro atoms. The fourth-order valence-corrected chi connectivity index (χ4v) is 2.49. The van der Waals surface area contributed by atoms with E-state index in [1.807, 2.05) is 0 Å². The van der Waals surface area contributed by atoms with Gasteiger partial charge in [-0.05, 0) is 37.2 Å². The number of benzene rings is 1. The molecule has 0 saturated heterocycles. The van der Waals surface area contributed by atoms with Crippen molar-refractivity contribution in [2.75, 3.05) is 6.54 Å². The smallest absolute Gasteiger partial charge is 0.00132 e. The van der Waals surface area contributed by atoms with Crippen LogP contribution in [0.25, 0.3) is 0 Å². The van der Waals surface area contributed by atoms with Crippen molar-refractivity contribution >= 4 is 0 Å². The highest BCUT2D eigenvalue weighted by molar-refractivity contribution is 5.23. The van der Waals surface area contributed by atoms with Gasteiger partial charge in [-0.3, -0.25) is 0 Å². The summed E-state index contributed by atoms with van der Waals surface area (Å²) in [7, 11) is 0. The lowest BCUT2D eigenvalue weighted by Crippen LogP contribution is -2.38. The molecule has 0 bridgehead atoms. The van der Waals surface area contributed by atoms with Gasteiger partial charge in [0.05, 0.1) is 0 Å². The predicted molar refractivity (Wildman–Crippen MR) is 81.0 cm³/mol. The topological polar surface area (TPSA) is 12.0 Å². The summed E-state index contributed by atoms with van der Waals surface area (Å²) in [6.45, 7) is 12.4. The van der Waals surface area contributed by atoms with Crippen molar-refractivity contribution in [1.29, 1.82) is 0 Å². The molecule has 0 radical (unpaired) electrons. The predicted octanol–water partition coefficient (Wildman–Crippen LogP) is 4.34. The Morgan fingerprint density at radius 3 is 2.33 bits per heavy atom. The second kappa shape index (κ2) is 6.94. The monoisotopic (exact) mass is 247 g/mol. The molecule has 1 N–H and O–H groups in total. The number of rotatable bonds is 7. The molecule has 102 valence electrons. The molecule has 0 aliphatic rings.